The molecule has 3 heterocycles. The van der Waals surface area contributed by atoms with E-state index in [-0.39, 0.29) is 24.4 Å². The number of nitrogens with one attached hydrogen (secondary N) is 2. The Morgan fingerprint density at radius 1 is 1.05 bits per heavy atom. The van der Waals surface area contributed by atoms with Crippen molar-refractivity contribution in [3.8, 4) is 11.4 Å². The molecule has 1 aliphatic heterocycles. The summed E-state index contributed by atoms with van der Waals surface area (Å²) in [6, 6.07) is 21.7. The van der Waals surface area contributed by atoms with Crippen LogP contribution in [0.25, 0.3) is 5.69 Å². The van der Waals surface area contributed by atoms with Crippen molar-refractivity contribution in [1.29, 1.82) is 0 Å². The SMILES string of the molecule is COc1ccccc1NC(=O)CCN1C(=S)N[C@@H](c2ccccn2)[C@@H]1c1cc(C)n(-c2cccc(C)c2C)c1C. The van der Waals surface area contributed by atoms with E-state index in [0.29, 0.717) is 23.1 Å². The summed E-state index contributed by atoms with van der Waals surface area (Å²) >= 11 is 5.86. The Morgan fingerprint density at radius 2 is 1.82 bits per heavy atom. The van der Waals surface area contributed by atoms with Crippen LogP contribution >= 0.6 is 12.2 Å². The van der Waals surface area contributed by atoms with E-state index < -0.39 is 0 Å². The Hall–Kier alpha value is -4.17. The molecule has 0 unspecified atom stereocenters. The third-order valence-corrected chi connectivity index (χ3v) is 8.12. The summed E-state index contributed by atoms with van der Waals surface area (Å²) in [7, 11) is 1.59. The summed E-state index contributed by atoms with van der Waals surface area (Å²) in [6.45, 7) is 9.06. The third-order valence-electron chi connectivity index (χ3n) is 7.76. The number of carbonyl (C=O) groups is 1. The molecule has 206 valence electrons. The fraction of sp³-hybridized carbons (Fsp3) is 0.281. The van der Waals surface area contributed by atoms with E-state index in [1.807, 2.05) is 42.5 Å². The number of benzene rings is 2. The van der Waals surface area contributed by atoms with Crippen molar-refractivity contribution in [3.05, 3.63) is 107 Å². The number of amides is 1. The highest BCUT2D eigenvalue weighted by atomic mass is 32.1. The zero-order valence-electron chi connectivity index (χ0n) is 23.6. The highest BCUT2D eigenvalue weighted by molar-refractivity contribution is 7.80. The normalized spacial score (nSPS) is 16.6. The predicted molar refractivity (Wildman–Crippen MR) is 163 cm³/mol. The lowest BCUT2D eigenvalue weighted by Gasteiger charge is -2.28. The molecular weight excluding hydrogens is 518 g/mol. The van der Waals surface area contributed by atoms with Crippen LogP contribution in [0.3, 0.4) is 0 Å². The largest absolute Gasteiger partial charge is 0.495 e. The quantitative estimate of drug-likeness (QED) is 0.256. The van der Waals surface area contributed by atoms with Gasteiger partial charge in [0.1, 0.15) is 5.75 Å². The molecule has 2 aromatic carbocycles. The third kappa shape index (κ3) is 5.19. The number of para-hydroxylation sites is 2. The molecule has 0 bridgehead atoms. The number of hydrogen-bond donors (Lipinski definition) is 2. The van der Waals surface area contributed by atoms with Gasteiger partial charge in [-0.3, -0.25) is 9.78 Å². The van der Waals surface area contributed by atoms with Gasteiger partial charge < -0.3 is 24.8 Å². The maximum absolute atomic E-state index is 13.0. The number of methoxy groups -OCH3 is 1. The summed E-state index contributed by atoms with van der Waals surface area (Å²) in [5, 5.41) is 7.11. The lowest BCUT2D eigenvalue weighted by molar-refractivity contribution is -0.116. The number of thiocarbonyl (C=S) groups is 1. The van der Waals surface area contributed by atoms with Crippen molar-refractivity contribution in [1.82, 2.24) is 19.8 Å². The van der Waals surface area contributed by atoms with Gasteiger partial charge in [0.05, 0.1) is 30.6 Å². The van der Waals surface area contributed by atoms with Gasteiger partial charge in [0.2, 0.25) is 5.91 Å². The van der Waals surface area contributed by atoms with Crippen LogP contribution in [-0.4, -0.2) is 39.1 Å². The Kier molecular flexibility index (Phi) is 7.89. The molecule has 2 atom stereocenters. The van der Waals surface area contributed by atoms with Gasteiger partial charge in [-0.15, -0.1) is 0 Å². The van der Waals surface area contributed by atoms with E-state index in [9.17, 15) is 4.79 Å². The molecule has 8 heteroatoms. The fourth-order valence-electron chi connectivity index (χ4n) is 5.60. The van der Waals surface area contributed by atoms with Crippen molar-refractivity contribution in [2.45, 2.75) is 46.2 Å². The summed E-state index contributed by atoms with van der Waals surface area (Å²) in [5.41, 5.74) is 8.69. The van der Waals surface area contributed by atoms with Gasteiger partial charge in [0, 0.05) is 36.2 Å². The van der Waals surface area contributed by atoms with Crippen LogP contribution < -0.4 is 15.4 Å². The highest BCUT2D eigenvalue weighted by Crippen LogP contribution is 2.41. The molecule has 0 aliphatic carbocycles. The number of rotatable bonds is 8. The zero-order chi connectivity index (χ0) is 28.4. The lowest BCUT2D eigenvalue weighted by Crippen LogP contribution is -2.33. The van der Waals surface area contributed by atoms with Crippen LogP contribution in [0.4, 0.5) is 5.69 Å². The average Bonchev–Trinajstić information content (AvgIpc) is 3.44. The van der Waals surface area contributed by atoms with Gasteiger partial charge in [0.15, 0.2) is 5.11 Å². The number of hydrogen-bond acceptors (Lipinski definition) is 4. The summed E-state index contributed by atoms with van der Waals surface area (Å²) in [4.78, 5) is 19.8. The first-order chi connectivity index (χ1) is 19.3. The van der Waals surface area contributed by atoms with Crippen LogP contribution in [0.15, 0.2) is 72.9 Å². The van der Waals surface area contributed by atoms with Crippen LogP contribution in [0.1, 0.15) is 52.3 Å². The molecule has 7 nitrogen and oxygen atoms in total. The minimum atomic E-state index is -0.154. The molecule has 1 aliphatic rings. The maximum Gasteiger partial charge on any atom is 0.226 e. The van der Waals surface area contributed by atoms with E-state index in [4.69, 9.17) is 17.0 Å². The number of carbonyl (C=O) groups excluding carboxylic acids is 1. The van der Waals surface area contributed by atoms with Crippen molar-refractivity contribution in [2.24, 2.45) is 0 Å². The standard InChI is InChI=1S/C32H35N5O2S/c1-20-11-10-14-27(22(20)3)37-21(2)19-24(23(37)4)31-30(26-13-8-9-17-33-26)35-32(40)36(31)18-16-29(38)34-25-12-6-7-15-28(25)39-5/h6-15,17,19,30-31H,16,18H2,1-5H3,(H,34,38)(H,35,40)/t30-,31-/m0/s1. The summed E-state index contributed by atoms with van der Waals surface area (Å²) in [6.07, 6.45) is 2.07. The Bertz CT molecular complexity index is 1550. The minimum absolute atomic E-state index is 0.104. The van der Waals surface area contributed by atoms with Gasteiger partial charge >= 0.3 is 0 Å². The number of nitrogens with zero attached hydrogens (tertiary/aromatic N) is 3. The first kappa shape index (κ1) is 27.4. The molecule has 0 saturated carbocycles. The van der Waals surface area contributed by atoms with Crippen molar-refractivity contribution in [3.63, 3.8) is 0 Å². The second-order valence-corrected chi connectivity index (χ2v) is 10.6. The molecule has 1 amide bonds. The van der Waals surface area contributed by atoms with E-state index in [1.54, 1.807) is 13.3 Å². The Labute approximate surface area is 241 Å². The van der Waals surface area contributed by atoms with Gasteiger partial charge in [-0.2, -0.15) is 0 Å². The van der Waals surface area contributed by atoms with Crippen LogP contribution in [0, 0.1) is 27.7 Å². The van der Waals surface area contributed by atoms with Crippen LogP contribution in [0.5, 0.6) is 5.75 Å². The molecule has 0 spiro atoms. The highest BCUT2D eigenvalue weighted by Gasteiger charge is 2.41. The molecule has 2 aromatic heterocycles. The molecule has 40 heavy (non-hydrogen) atoms. The second kappa shape index (κ2) is 11.5. The zero-order valence-corrected chi connectivity index (χ0v) is 24.4. The van der Waals surface area contributed by atoms with Gasteiger partial charge in [0.25, 0.3) is 0 Å². The molecule has 2 N–H and O–H groups in total. The minimum Gasteiger partial charge on any atom is -0.495 e. The number of ether oxygens (including phenoxy) is 1. The number of pyridine rings is 1. The monoisotopic (exact) mass is 553 g/mol. The fourth-order valence-corrected chi connectivity index (χ4v) is 5.93. The average molecular weight is 554 g/mol. The first-order valence-electron chi connectivity index (χ1n) is 13.5. The summed E-state index contributed by atoms with van der Waals surface area (Å²) < 4.78 is 7.71. The van der Waals surface area contributed by atoms with E-state index in [1.165, 1.54) is 16.8 Å². The Morgan fingerprint density at radius 3 is 2.58 bits per heavy atom. The van der Waals surface area contributed by atoms with Gasteiger partial charge in [-0.25, -0.2) is 0 Å². The molecule has 5 rings (SSSR count). The predicted octanol–water partition coefficient (Wildman–Crippen LogP) is 6.12. The van der Waals surface area contributed by atoms with Gasteiger partial charge in [-0.05, 0) is 93.0 Å². The lowest BCUT2D eigenvalue weighted by atomic mass is 9.96. The second-order valence-electron chi connectivity index (χ2n) is 10.2. The maximum atomic E-state index is 13.0. The van der Waals surface area contributed by atoms with Crippen molar-refractivity contribution >= 4 is 28.9 Å². The van der Waals surface area contributed by atoms with Crippen molar-refractivity contribution < 1.29 is 9.53 Å². The van der Waals surface area contributed by atoms with E-state index in [2.05, 4.69) is 77.0 Å². The van der Waals surface area contributed by atoms with E-state index in [0.717, 1.165) is 22.6 Å². The first-order valence-corrected chi connectivity index (χ1v) is 13.9. The van der Waals surface area contributed by atoms with Crippen LogP contribution in [-0.2, 0) is 4.79 Å². The molecule has 1 saturated heterocycles. The van der Waals surface area contributed by atoms with E-state index >= 15 is 0 Å². The number of aryl methyl sites for hydroxylation is 2. The molecule has 0 radical (unpaired) electrons. The number of anilines is 1. The number of aromatic nitrogens is 2. The molecular formula is C32H35N5O2S. The Balaban J connectivity index is 1.49. The summed E-state index contributed by atoms with van der Waals surface area (Å²) in [5.74, 6) is 0.523. The van der Waals surface area contributed by atoms with Gasteiger partial charge in [-0.1, -0.05) is 30.3 Å². The smallest absolute Gasteiger partial charge is 0.226 e. The molecule has 1 fully saturated rings. The molecule has 4 aromatic rings. The van der Waals surface area contributed by atoms with Crippen molar-refractivity contribution in [2.75, 3.05) is 19.0 Å². The topological polar surface area (TPSA) is 71.4 Å². The van der Waals surface area contributed by atoms with Crippen LogP contribution in [0.2, 0.25) is 0 Å².